The third-order valence-corrected chi connectivity index (χ3v) is 5.49. The number of hydrogen-bond donors (Lipinski definition) is 1. The Morgan fingerprint density at radius 3 is 2.48 bits per heavy atom. The Labute approximate surface area is 187 Å². The maximum absolute atomic E-state index is 12.5. The maximum atomic E-state index is 12.5. The molecule has 31 heavy (non-hydrogen) atoms. The highest BCUT2D eigenvalue weighted by atomic mass is 35.5. The van der Waals surface area contributed by atoms with Crippen LogP contribution in [-0.2, 0) is 16.6 Å². The standard InChI is InChI=1S/C23H22ClNO5S/c1-28-21-8-4-6-18(14-21)16-30-23-15-20(9-10-22(23)29-2)25-31(26,27)12-11-17-5-3-7-19(24)13-17/h3-15,25H,16H2,1-2H3/b12-11+. The monoisotopic (exact) mass is 459 g/mol. The van der Waals surface area contributed by atoms with E-state index in [1.807, 2.05) is 24.3 Å². The number of sulfonamides is 1. The minimum atomic E-state index is -3.74. The van der Waals surface area contributed by atoms with E-state index >= 15 is 0 Å². The molecule has 8 heteroatoms. The van der Waals surface area contributed by atoms with E-state index in [0.29, 0.717) is 27.8 Å². The van der Waals surface area contributed by atoms with Gasteiger partial charge in [0.1, 0.15) is 12.4 Å². The summed E-state index contributed by atoms with van der Waals surface area (Å²) in [6.07, 6.45) is 1.47. The van der Waals surface area contributed by atoms with Crippen molar-refractivity contribution in [1.82, 2.24) is 0 Å². The lowest BCUT2D eigenvalue weighted by Crippen LogP contribution is -2.09. The summed E-state index contributed by atoms with van der Waals surface area (Å²) < 4.78 is 43.8. The summed E-state index contributed by atoms with van der Waals surface area (Å²) in [6, 6.07) is 19.2. The molecule has 162 valence electrons. The Kier molecular flexibility index (Phi) is 7.44. The zero-order valence-electron chi connectivity index (χ0n) is 17.0. The van der Waals surface area contributed by atoms with E-state index in [2.05, 4.69) is 4.72 Å². The van der Waals surface area contributed by atoms with Crippen LogP contribution >= 0.6 is 11.6 Å². The van der Waals surface area contributed by atoms with Gasteiger partial charge in [-0.05, 0) is 53.6 Å². The zero-order chi connectivity index (χ0) is 22.3. The Hall–Kier alpha value is -3.16. The van der Waals surface area contributed by atoms with Gasteiger partial charge >= 0.3 is 0 Å². The van der Waals surface area contributed by atoms with Crippen LogP contribution in [0.4, 0.5) is 5.69 Å². The van der Waals surface area contributed by atoms with E-state index in [4.69, 9.17) is 25.8 Å². The van der Waals surface area contributed by atoms with Gasteiger partial charge in [0.05, 0.1) is 25.3 Å². The van der Waals surface area contributed by atoms with E-state index in [-0.39, 0.29) is 6.61 Å². The van der Waals surface area contributed by atoms with Crippen molar-refractivity contribution in [2.24, 2.45) is 0 Å². The second kappa shape index (κ2) is 10.2. The van der Waals surface area contributed by atoms with Crippen LogP contribution in [0.1, 0.15) is 11.1 Å². The third-order valence-electron chi connectivity index (χ3n) is 4.24. The summed E-state index contributed by atoms with van der Waals surface area (Å²) in [5.41, 5.74) is 1.92. The first-order chi connectivity index (χ1) is 14.9. The molecule has 0 aliphatic carbocycles. The van der Waals surface area contributed by atoms with Gasteiger partial charge in [0, 0.05) is 11.1 Å². The normalized spacial score (nSPS) is 11.3. The van der Waals surface area contributed by atoms with Gasteiger partial charge in [-0.15, -0.1) is 0 Å². The van der Waals surface area contributed by atoms with Crippen molar-refractivity contribution in [2.45, 2.75) is 6.61 Å². The molecule has 0 unspecified atom stereocenters. The van der Waals surface area contributed by atoms with Crippen molar-refractivity contribution in [3.05, 3.63) is 88.3 Å². The molecule has 6 nitrogen and oxygen atoms in total. The van der Waals surface area contributed by atoms with Gasteiger partial charge in [-0.1, -0.05) is 35.9 Å². The molecule has 0 saturated carbocycles. The van der Waals surface area contributed by atoms with Crippen LogP contribution in [-0.4, -0.2) is 22.6 Å². The quantitative estimate of drug-likeness (QED) is 0.467. The number of benzene rings is 3. The molecule has 0 aliphatic heterocycles. The van der Waals surface area contributed by atoms with Crippen molar-refractivity contribution < 1.29 is 22.6 Å². The Morgan fingerprint density at radius 2 is 1.74 bits per heavy atom. The number of methoxy groups -OCH3 is 2. The largest absolute Gasteiger partial charge is 0.497 e. The molecule has 0 heterocycles. The highest BCUT2D eigenvalue weighted by Crippen LogP contribution is 2.31. The van der Waals surface area contributed by atoms with Gasteiger partial charge in [-0.3, -0.25) is 4.72 Å². The van der Waals surface area contributed by atoms with Crippen LogP contribution < -0.4 is 18.9 Å². The Balaban J connectivity index is 1.74. The molecule has 0 aliphatic rings. The molecule has 0 amide bonds. The predicted octanol–water partition coefficient (Wildman–Crippen LogP) is 5.35. The number of anilines is 1. The molecule has 1 N–H and O–H groups in total. The van der Waals surface area contributed by atoms with Crippen LogP contribution in [0, 0.1) is 0 Å². The number of ether oxygens (including phenoxy) is 3. The fourth-order valence-electron chi connectivity index (χ4n) is 2.75. The number of rotatable bonds is 9. The molecule has 3 rings (SSSR count). The second-order valence-corrected chi connectivity index (χ2v) is 8.51. The topological polar surface area (TPSA) is 73.9 Å². The van der Waals surface area contributed by atoms with Crippen molar-refractivity contribution >= 4 is 33.4 Å². The van der Waals surface area contributed by atoms with Gasteiger partial charge in [-0.2, -0.15) is 0 Å². The summed E-state index contributed by atoms with van der Waals surface area (Å²) in [5, 5.41) is 1.61. The smallest absolute Gasteiger partial charge is 0.255 e. The highest BCUT2D eigenvalue weighted by Gasteiger charge is 2.11. The van der Waals surface area contributed by atoms with E-state index in [1.54, 1.807) is 49.6 Å². The van der Waals surface area contributed by atoms with Crippen LogP contribution in [0.3, 0.4) is 0 Å². The lowest BCUT2D eigenvalue weighted by Gasteiger charge is -2.13. The summed E-state index contributed by atoms with van der Waals surface area (Å²) in [6.45, 7) is 0.262. The van der Waals surface area contributed by atoms with Crippen LogP contribution in [0.5, 0.6) is 17.2 Å². The van der Waals surface area contributed by atoms with Gasteiger partial charge in [0.2, 0.25) is 0 Å². The first-order valence-electron chi connectivity index (χ1n) is 9.29. The van der Waals surface area contributed by atoms with Gasteiger partial charge in [0.25, 0.3) is 10.0 Å². The SMILES string of the molecule is COc1cccc(COc2cc(NS(=O)(=O)/C=C/c3cccc(Cl)c3)ccc2OC)c1. The Morgan fingerprint density at radius 1 is 0.935 bits per heavy atom. The van der Waals surface area contributed by atoms with Gasteiger partial charge in [-0.25, -0.2) is 8.42 Å². The number of hydrogen-bond acceptors (Lipinski definition) is 5. The molecule has 0 bridgehead atoms. The summed E-state index contributed by atoms with van der Waals surface area (Å²) in [7, 11) is -0.629. The van der Waals surface area contributed by atoms with Crippen molar-refractivity contribution in [3.8, 4) is 17.2 Å². The maximum Gasteiger partial charge on any atom is 0.255 e. The lowest BCUT2D eigenvalue weighted by molar-refractivity contribution is 0.284. The molecular formula is C23H22ClNO5S. The van der Waals surface area contributed by atoms with Crippen LogP contribution in [0.15, 0.2) is 72.1 Å². The average molecular weight is 460 g/mol. The van der Waals surface area contributed by atoms with Gasteiger partial charge in [0.15, 0.2) is 11.5 Å². The van der Waals surface area contributed by atoms with E-state index in [0.717, 1.165) is 16.7 Å². The molecule has 0 aromatic heterocycles. The fourth-order valence-corrected chi connectivity index (χ4v) is 3.81. The molecule has 0 radical (unpaired) electrons. The zero-order valence-corrected chi connectivity index (χ0v) is 18.6. The van der Waals surface area contributed by atoms with E-state index in [9.17, 15) is 8.42 Å². The van der Waals surface area contributed by atoms with Crippen molar-refractivity contribution in [3.63, 3.8) is 0 Å². The molecule has 0 spiro atoms. The molecule has 3 aromatic carbocycles. The molecule has 0 saturated heterocycles. The summed E-state index contributed by atoms with van der Waals surface area (Å²) in [5.74, 6) is 1.62. The number of halogens is 1. The first-order valence-corrected chi connectivity index (χ1v) is 11.2. The van der Waals surface area contributed by atoms with Crippen molar-refractivity contribution in [2.75, 3.05) is 18.9 Å². The molecule has 0 fully saturated rings. The van der Waals surface area contributed by atoms with Crippen molar-refractivity contribution in [1.29, 1.82) is 0 Å². The average Bonchev–Trinajstić information content (AvgIpc) is 2.76. The molecule has 0 atom stereocenters. The van der Waals surface area contributed by atoms with Crippen LogP contribution in [0.2, 0.25) is 5.02 Å². The minimum Gasteiger partial charge on any atom is -0.497 e. The first kappa shape index (κ1) is 22.5. The summed E-state index contributed by atoms with van der Waals surface area (Å²) in [4.78, 5) is 0. The van der Waals surface area contributed by atoms with Gasteiger partial charge < -0.3 is 14.2 Å². The van der Waals surface area contributed by atoms with E-state index in [1.165, 1.54) is 13.2 Å². The highest BCUT2D eigenvalue weighted by molar-refractivity contribution is 7.95. The Bertz CT molecular complexity index is 1180. The number of nitrogens with one attached hydrogen (secondary N) is 1. The molecule has 3 aromatic rings. The third kappa shape index (κ3) is 6.67. The fraction of sp³-hybridized carbons (Fsp3) is 0.130. The van der Waals surface area contributed by atoms with Crippen LogP contribution in [0.25, 0.3) is 6.08 Å². The minimum absolute atomic E-state index is 0.262. The lowest BCUT2D eigenvalue weighted by atomic mass is 10.2. The predicted molar refractivity (Wildman–Crippen MR) is 123 cm³/mol. The van der Waals surface area contributed by atoms with E-state index < -0.39 is 10.0 Å². The second-order valence-electron chi connectivity index (χ2n) is 6.51. The molecular weight excluding hydrogens is 438 g/mol. The summed E-state index contributed by atoms with van der Waals surface area (Å²) >= 11 is 5.93.